The molecule has 19 heteroatoms. The number of hydrogen-bond acceptors (Lipinski definition) is 11. The normalized spacial score (nSPS) is 16.5. The smallest absolute Gasteiger partial charge is 0.331 e. The zero-order valence-corrected chi connectivity index (χ0v) is 32.6. The molecule has 6 rings (SSSR count). The van der Waals surface area contributed by atoms with Gasteiger partial charge in [-0.1, -0.05) is 0 Å². The Kier molecular flexibility index (Phi) is 11.7. The molecule has 300 valence electrons. The number of sulfonamides is 1. The predicted molar refractivity (Wildman–Crippen MR) is 208 cm³/mol. The Labute approximate surface area is 328 Å². The van der Waals surface area contributed by atoms with Gasteiger partial charge in [0.05, 0.1) is 17.5 Å². The van der Waals surface area contributed by atoms with Crippen LogP contribution in [0.5, 0.6) is 11.5 Å². The van der Waals surface area contributed by atoms with Gasteiger partial charge >= 0.3 is 6.03 Å². The number of imide groups is 1. The van der Waals surface area contributed by atoms with E-state index in [1.54, 1.807) is 40.1 Å². The van der Waals surface area contributed by atoms with Crippen LogP contribution in [0.25, 0.3) is 0 Å². The molecule has 0 spiro atoms. The number of carbonyl (C=O) groups is 4. The molecule has 0 radical (unpaired) electrons. The minimum atomic E-state index is -3.37. The number of carbonyl (C=O) groups excluding carboxylic acids is 4. The third-order valence-electron chi connectivity index (χ3n) is 9.29. The van der Waals surface area contributed by atoms with Crippen LogP contribution in [0.4, 0.5) is 42.4 Å². The average Bonchev–Trinajstić information content (AvgIpc) is 3.16. The van der Waals surface area contributed by atoms with Gasteiger partial charge in [0.25, 0.3) is 5.91 Å². The highest BCUT2D eigenvalue weighted by molar-refractivity contribution is 7.88. The first-order chi connectivity index (χ1) is 27.0. The zero-order valence-electron chi connectivity index (χ0n) is 31.8. The molecule has 4 aromatic rings. The van der Waals surface area contributed by atoms with E-state index in [0.717, 1.165) is 29.4 Å². The maximum Gasteiger partial charge on any atom is 0.331 e. The molecular weight excluding hydrogens is 765 g/mol. The number of nitrogens with zero attached hydrogens (tertiary/aromatic N) is 7. The first-order valence-corrected chi connectivity index (χ1v) is 19.7. The lowest BCUT2D eigenvalue weighted by Crippen LogP contribution is -2.61. The summed E-state index contributed by atoms with van der Waals surface area (Å²) in [6.07, 6.45) is 2.59. The molecule has 2 saturated heterocycles. The number of piperazine rings is 1. The number of urea groups is 1. The highest BCUT2D eigenvalue weighted by Crippen LogP contribution is 2.31. The lowest BCUT2D eigenvalue weighted by molar-refractivity contribution is -0.132. The highest BCUT2D eigenvalue weighted by atomic mass is 32.2. The number of pyridine rings is 2. The number of benzene rings is 2. The monoisotopic (exact) mass is 805 g/mol. The van der Waals surface area contributed by atoms with Crippen molar-refractivity contribution in [2.45, 2.75) is 19.9 Å². The largest absolute Gasteiger partial charge is 0.454 e. The van der Waals surface area contributed by atoms with E-state index in [2.05, 4.69) is 20.6 Å². The molecule has 4 heterocycles. The average molecular weight is 806 g/mol. The fourth-order valence-corrected chi connectivity index (χ4v) is 7.10. The minimum absolute atomic E-state index is 0.0341. The van der Waals surface area contributed by atoms with E-state index in [1.165, 1.54) is 56.7 Å². The van der Waals surface area contributed by atoms with Crippen molar-refractivity contribution in [1.82, 2.24) is 24.1 Å². The van der Waals surface area contributed by atoms with Gasteiger partial charge in [0, 0.05) is 76.9 Å². The third kappa shape index (κ3) is 9.10. The van der Waals surface area contributed by atoms with Crippen molar-refractivity contribution in [2.75, 3.05) is 73.5 Å². The van der Waals surface area contributed by atoms with Crippen LogP contribution in [-0.2, 0) is 19.6 Å². The van der Waals surface area contributed by atoms with E-state index < -0.39 is 45.4 Å². The van der Waals surface area contributed by atoms with Gasteiger partial charge in [-0.3, -0.25) is 14.4 Å². The van der Waals surface area contributed by atoms with Crippen molar-refractivity contribution in [3.8, 4) is 11.5 Å². The van der Waals surface area contributed by atoms with E-state index in [0.29, 0.717) is 30.3 Å². The van der Waals surface area contributed by atoms with Gasteiger partial charge in [0.1, 0.15) is 34.9 Å². The first-order valence-electron chi connectivity index (χ1n) is 17.8. The SMILES string of the molecule is CC(C)N1CC(C(=O)Nc2ccc(Oc3ccnc(Nc4ccc(C(=O)N(C)C)c(N5CCN(S(C)(=O)=O)CC5)n4)c3)c(F)c2)C(=O)N(c2ccc(F)cc2)C1=O. The van der Waals surface area contributed by atoms with Gasteiger partial charge in [-0.25, -0.2) is 36.9 Å². The number of aromatic nitrogens is 2. The van der Waals surface area contributed by atoms with E-state index in [9.17, 15) is 32.0 Å². The van der Waals surface area contributed by atoms with Crippen molar-refractivity contribution < 1.29 is 41.1 Å². The predicted octanol–water partition coefficient (Wildman–Crippen LogP) is 4.51. The number of amides is 5. The first kappa shape index (κ1) is 40.5. The van der Waals surface area contributed by atoms with Crippen LogP contribution in [0, 0.1) is 17.6 Å². The molecule has 0 bridgehead atoms. The standard InChI is InChI=1S/C38H41F2N9O7S/c1-23(2)48-22-29(37(52)49(38(48)53)26-9-6-24(39)7-10-26)35(50)42-25-8-12-31(30(40)20-25)56-27-14-15-41-33(21-27)43-32-13-11-28(36(51)45(3)4)34(44-32)46-16-18-47(19-17-46)57(5,54)55/h6-15,20-21,23,29H,16-19,22H2,1-5H3,(H,42,50)(H,41,43,44). The topological polar surface area (TPSA) is 178 Å². The second-order valence-electron chi connectivity index (χ2n) is 13.9. The number of ether oxygens (including phenoxy) is 1. The minimum Gasteiger partial charge on any atom is -0.454 e. The van der Waals surface area contributed by atoms with Crippen LogP contribution in [0.1, 0.15) is 24.2 Å². The van der Waals surface area contributed by atoms with Crippen LogP contribution in [0.15, 0.2) is 72.9 Å². The summed E-state index contributed by atoms with van der Waals surface area (Å²) in [7, 11) is -0.129. The molecule has 1 unspecified atom stereocenters. The molecule has 2 fully saturated rings. The van der Waals surface area contributed by atoms with Gasteiger partial charge in [-0.05, 0) is 68.4 Å². The van der Waals surface area contributed by atoms with Crippen molar-refractivity contribution in [1.29, 1.82) is 0 Å². The molecule has 0 aliphatic carbocycles. The number of hydrogen-bond donors (Lipinski definition) is 2. The van der Waals surface area contributed by atoms with E-state index in [4.69, 9.17) is 4.74 Å². The molecule has 2 N–H and O–H groups in total. The Morgan fingerprint density at radius 2 is 1.63 bits per heavy atom. The fraction of sp³-hybridized carbons (Fsp3) is 0.316. The van der Waals surface area contributed by atoms with Gasteiger partial charge in [-0.2, -0.15) is 4.31 Å². The molecular formula is C38H41F2N9O7S. The number of nitrogens with one attached hydrogen (secondary N) is 2. The third-order valence-corrected chi connectivity index (χ3v) is 10.6. The fourth-order valence-electron chi connectivity index (χ4n) is 6.28. The lowest BCUT2D eigenvalue weighted by atomic mass is 10.0. The number of halogens is 2. The molecule has 57 heavy (non-hydrogen) atoms. The van der Waals surface area contributed by atoms with Crippen LogP contribution in [0.3, 0.4) is 0 Å². The van der Waals surface area contributed by atoms with Gasteiger partial charge in [0.2, 0.25) is 21.8 Å². The molecule has 2 aliphatic rings. The molecule has 2 aliphatic heterocycles. The van der Waals surface area contributed by atoms with Crippen LogP contribution in [0.2, 0.25) is 0 Å². The summed E-state index contributed by atoms with van der Waals surface area (Å²) in [6.45, 7) is 4.36. The van der Waals surface area contributed by atoms with Gasteiger partial charge in [-0.15, -0.1) is 0 Å². The van der Waals surface area contributed by atoms with Crippen molar-refractivity contribution >= 4 is 62.6 Å². The van der Waals surface area contributed by atoms with Crippen LogP contribution >= 0.6 is 0 Å². The number of rotatable bonds is 11. The summed E-state index contributed by atoms with van der Waals surface area (Å²) in [4.78, 5) is 67.6. The summed E-state index contributed by atoms with van der Waals surface area (Å²) >= 11 is 0. The lowest BCUT2D eigenvalue weighted by Gasteiger charge is -2.39. The van der Waals surface area contributed by atoms with E-state index >= 15 is 4.39 Å². The molecule has 1 atom stereocenters. The zero-order chi connectivity index (χ0) is 41.2. The Morgan fingerprint density at radius 1 is 0.930 bits per heavy atom. The van der Waals surface area contributed by atoms with Crippen molar-refractivity contribution in [3.05, 3.63) is 90.1 Å². The van der Waals surface area contributed by atoms with E-state index in [-0.39, 0.29) is 60.3 Å². The summed E-state index contributed by atoms with van der Waals surface area (Å²) in [5.74, 6) is -3.57. The summed E-state index contributed by atoms with van der Waals surface area (Å²) in [5, 5.41) is 5.63. The Morgan fingerprint density at radius 3 is 2.26 bits per heavy atom. The summed E-state index contributed by atoms with van der Waals surface area (Å²) < 4.78 is 60.3. The Bertz CT molecular complexity index is 2300. The highest BCUT2D eigenvalue weighted by Gasteiger charge is 2.44. The Balaban J connectivity index is 1.15. The summed E-state index contributed by atoms with van der Waals surface area (Å²) in [6, 6.07) is 13.7. The second-order valence-corrected chi connectivity index (χ2v) is 15.9. The molecule has 5 amide bonds. The van der Waals surface area contributed by atoms with Crippen molar-refractivity contribution in [3.63, 3.8) is 0 Å². The molecule has 0 saturated carbocycles. The molecule has 2 aromatic heterocycles. The quantitative estimate of drug-likeness (QED) is 0.204. The van der Waals surface area contributed by atoms with Crippen LogP contribution in [-0.4, -0.2) is 115 Å². The summed E-state index contributed by atoms with van der Waals surface area (Å²) in [5.41, 5.74) is 0.476. The molecule has 2 aromatic carbocycles. The maximum atomic E-state index is 15.4. The maximum absolute atomic E-state index is 15.4. The van der Waals surface area contributed by atoms with Crippen molar-refractivity contribution in [2.24, 2.45) is 5.92 Å². The Hall–Kier alpha value is -6.21. The van der Waals surface area contributed by atoms with Gasteiger partial charge < -0.3 is 30.1 Å². The number of anilines is 5. The van der Waals surface area contributed by atoms with Gasteiger partial charge in [0.15, 0.2) is 11.6 Å². The molecule has 16 nitrogen and oxygen atoms in total. The van der Waals surface area contributed by atoms with E-state index in [1.807, 2.05) is 4.90 Å². The van der Waals surface area contributed by atoms with Crippen LogP contribution < -0.4 is 25.2 Å². The second kappa shape index (κ2) is 16.5.